The molecule has 126 valence electrons. The van der Waals surface area contributed by atoms with E-state index in [2.05, 4.69) is 40.4 Å². The summed E-state index contributed by atoms with van der Waals surface area (Å²) in [7, 11) is -0.760. The largest absolute Gasteiger partial charge is 0.544 e. The molecule has 0 bridgehead atoms. The maximum Gasteiger partial charge on any atom is 0.349 e. The smallest absolute Gasteiger partial charge is 0.349 e. The number of hydrogen-bond donors (Lipinski definition) is 0. The standard InChI is InChI=1S/C18H26O4Si/c1-13(22-23(6,7)17(2,3)4)18(16(19)20-5)15(21-18)14-11-9-8-10-12-14/h8-12,15H,1H2,2-7H3. The lowest BCUT2D eigenvalue weighted by atomic mass is 9.98. The van der Waals surface area contributed by atoms with E-state index in [9.17, 15) is 4.79 Å². The van der Waals surface area contributed by atoms with Crippen LogP contribution in [0.15, 0.2) is 42.7 Å². The van der Waals surface area contributed by atoms with E-state index in [1.54, 1.807) is 0 Å². The summed E-state index contributed by atoms with van der Waals surface area (Å²) in [6.45, 7) is 14.7. The second kappa shape index (κ2) is 5.80. The van der Waals surface area contributed by atoms with Crippen molar-refractivity contribution in [2.45, 2.75) is 50.6 Å². The van der Waals surface area contributed by atoms with Crippen molar-refractivity contribution in [3.8, 4) is 0 Å². The quantitative estimate of drug-likeness (QED) is 0.350. The monoisotopic (exact) mass is 334 g/mol. The molecule has 1 aliphatic rings. The van der Waals surface area contributed by atoms with Crippen molar-refractivity contribution in [3.63, 3.8) is 0 Å². The van der Waals surface area contributed by atoms with Gasteiger partial charge in [0.15, 0.2) is 0 Å². The van der Waals surface area contributed by atoms with Crippen LogP contribution in [0, 0.1) is 0 Å². The summed E-state index contributed by atoms with van der Waals surface area (Å²) in [4.78, 5) is 12.4. The van der Waals surface area contributed by atoms with Gasteiger partial charge in [0, 0.05) is 0 Å². The molecule has 2 unspecified atom stereocenters. The molecule has 23 heavy (non-hydrogen) atoms. The molecule has 5 heteroatoms. The van der Waals surface area contributed by atoms with Crippen LogP contribution < -0.4 is 0 Å². The van der Waals surface area contributed by atoms with Gasteiger partial charge in [-0.05, 0) is 23.7 Å². The third-order valence-electron chi connectivity index (χ3n) is 4.81. The zero-order valence-corrected chi connectivity index (χ0v) is 15.8. The Balaban J connectivity index is 2.29. The van der Waals surface area contributed by atoms with Gasteiger partial charge in [0.05, 0.1) is 7.11 Å². The van der Waals surface area contributed by atoms with Gasteiger partial charge in [-0.2, -0.15) is 0 Å². The summed E-state index contributed by atoms with van der Waals surface area (Å²) >= 11 is 0. The van der Waals surface area contributed by atoms with E-state index in [-0.39, 0.29) is 5.04 Å². The number of epoxide rings is 1. The molecule has 0 spiro atoms. The number of rotatable bonds is 5. The van der Waals surface area contributed by atoms with Crippen molar-refractivity contribution in [2.75, 3.05) is 7.11 Å². The van der Waals surface area contributed by atoms with Crippen LogP contribution in [-0.2, 0) is 18.7 Å². The summed E-state index contributed by atoms with van der Waals surface area (Å²) in [5.74, 6) is -0.111. The Bertz CT molecular complexity index is 603. The molecule has 1 aromatic rings. The highest BCUT2D eigenvalue weighted by Gasteiger charge is 2.68. The molecule has 0 amide bonds. The molecule has 1 aromatic carbocycles. The van der Waals surface area contributed by atoms with Crippen molar-refractivity contribution >= 4 is 14.3 Å². The van der Waals surface area contributed by atoms with Crippen molar-refractivity contribution in [1.29, 1.82) is 0 Å². The molecule has 1 fully saturated rings. The van der Waals surface area contributed by atoms with E-state index < -0.39 is 26.0 Å². The van der Waals surface area contributed by atoms with E-state index >= 15 is 0 Å². The molecular formula is C18H26O4Si. The lowest BCUT2D eigenvalue weighted by Crippen LogP contribution is -2.43. The fourth-order valence-electron chi connectivity index (χ4n) is 2.25. The van der Waals surface area contributed by atoms with Crippen LogP contribution in [0.4, 0.5) is 0 Å². The van der Waals surface area contributed by atoms with Crippen molar-refractivity contribution < 1.29 is 18.7 Å². The predicted molar refractivity (Wildman–Crippen MR) is 92.4 cm³/mol. The molecule has 1 saturated heterocycles. The highest BCUT2D eigenvalue weighted by molar-refractivity contribution is 6.74. The lowest BCUT2D eigenvalue weighted by Gasteiger charge is -2.37. The van der Waals surface area contributed by atoms with Crippen molar-refractivity contribution in [2.24, 2.45) is 0 Å². The first-order valence-corrected chi connectivity index (χ1v) is 10.7. The van der Waals surface area contributed by atoms with Crippen LogP contribution in [0.3, 0.4) is 0 Å². The number of esters is 1. The fraction of sp³-hybridized carbons (Fsp3) is 0.500. The van der Waals surface area contributed by atoms with Gasteiger partial charge in [0.25, 0.3) is 5.60 Å². The van der Waals surface area contributed by atoms with Gasteiger partial charge in [-0.1, -0.05) is 57.7 Å². The van der Waals surface area contributed by atoms with Crippen molar-refractivity contribution in [1.82, 2.24) is 0 Å². The second-order valence-electron chi connectivity index (χ2n) is 7.42. The number of carbonyl (C=O) groups excluding carboxylic acids is 1. The zero-order valence-electron chi connectivity index (χ0n) is 14.8. The van der Waals surface area contributed by atoms with Gasteiger partial charge in [0.1, 0.15) is 11.9 Å². The first kappa shape index (κ1) is 17.8. The molecule has 0 N–H and O–H groups in total. The number of benzene rings is 1. The highest BCUT2D eigenvalue weighted by Crippen LogP contribution is 2.56. The molecule has 1 aliphatic heterocycles. The molecule has 0 aliphatic carbocycles. The average molecular weight is 334 g/mol. The van der Waals surface area contributed by atoms with Gasteiger partial charge >= 0.3 is 5.97 Å². The van der Waals surface area contributed by atoms with Gasteiger partial charge in [-0.15, -0.1) is 0 Å². The van der Waals surface area contributed by atoms with E-state index in [1.807, 2.05) is 30.3 Å². The molecule has 0 aromatic heterocycles. The molecule has 2 atom stereocenters. The SMILES string of the molecule is C=C(O[Si](C)(C)C(C)(C)C)C1(C(=O)OC)OC1c1ccccc1. The molecule has 0 radical (unpaired) electrons. The Morgan fingerprint density at radius 2 is 1.83 bits per heavy atom. The van der Waals surface area contributed by atoms with E-state index in [4.69, 9.17) is 13.9 Å². The fourth-order valence-corrected chi connectivity index (χ4v) is 3.33. The molecule has 1 heterocycles. The number of carbonyl (C=O) groups is 1. The summed E-state index contributed by atoms with van der Waals surface area (Å²) in [6, 6.07) is 9.60. The highest BCUT2D eigenvalue weighted by atomic mass is 28.4. The van der Waals surface area contributed by atoms with Crippen LogP contribution in [-0.4, -0.2) is 27.0 Å². The number of ether oxygens (including phenoxy) is 2. The third-order valence-corrected chi connectivity index (χ3v) is 9.17. The average Bonchev–Trinajstić information content (AvgIpc) is 3.22. The Hall–Kier alpha value is -1.59. The van der Waals surface area contributed by atoms with Crippen LogP contribution >= 0.6 is 0 Å². The predicted octanol–water partition coefficient (Wildman–Crippen LogP) is 4.21. The molecular weight excluding hydrogens is 308 g/mol. The maximum absolute atomic E-state index is 12.4. The molecule has 0 saturated carbocycles. The Morgan fingerprint density at radius 3 is 2.30 bits per heavy atom. The summed E-state index contributed by atoms with van der Waals surface area (Å²) < 4.78 is 17.0. The van der Waals surface area contributed by atoms with E-state index in [1.165, 1.54) is 7.11 Å². The Labute approximate surface area is 139 Å². The van der Waals surface area contributed by atoms with Gasteiger partial charge in [0.2, 0.25) is 8.32 Å². The van der Waals surface area contributed by atoms with Crippen LogP contribution in [0.5, 0.6) is 0 Å². The topological polar surface area (TPSA) is 48.1 Å². The third kappa shape index (κ3) is 3.08. The minimum atomic E-state index is -2.11. The van der Waals surface area contributed by atoms with E-state index in [0.717, 1.165) is 5.56 Å². The first-order chi connectivity index (χ1) is 10.6. The molecule has 4 nitrogen and oxygen atoms in total. The summed E-state index contributed by atoms with van der Waals surface area (Å²) in [6.07, 6.45) is -0.409. The van der Waals surface area contributed by atoms with Gasteiger partial charge in [-0.25, -0.2) is 4.79 Å². The Morgan fingerprint density at radius 1 is 1.26 bits per heavy atom. The van der Waals surface area contributed by atoms with E-state index in [0.29, 0.717) is 5.76 Å². The second-order valence-corrected chi connectivity index (χ2v) is 12.1. The Kier molecular flexibility index (Phi) is 4.48. The first-order valence-electron chi connectivity index (χ1n) is 7.76. The normalized spacial score (nSPS) is 24.0. The van der Waals surface area contributed by atoms with Crippen LogP contribution in [0.25, 0.3) is 0 Å². The minimum Gasteiger partial charge on any atom is -0.544 e. The minimum absolute atomic E-state index is 0.00435. The number of hydrogen-bond acceptors (Lipinski definition) is 4. The summed E-state index contributed by atoms with van der Waals surface area (Å²) in [5, 5.41) is 0.00435. The lowest BCUT2D eigenvalue weighted by molar-refractivity contribution is -0.146. The van der Waals surface area contributed by atoms with Gasteiger partial charge < -0.3 is 13.9 Å². The van der Waals surface area contributed by atoms with Crippen LogP contribution in [0.2, 0.25) is 18.1 Å². The van der Waals surface area contributed by atoms with Crippen molar-refractivity contribution in [3.05, 3.63) is 48.2 Å². The van der Waals surface area contributed by atoms with Gasteiger partial charge in [-0.3, -0.25) is 0 Å². The molecule has 2 rings (SSSR count). The van der Waals surface area contributed by atoms with Crippen LogP contribution in [0.1, 0.15) is 32.4 Å². The zero-order chi connectivity index (χ0) is 17.5. The maximum atomic E-state index is 12.4. The number of methoxy groups -OCH3 is 1. The summed E-state index contributed by atoms with van der Waals surface area (Å²) in [5.41, 5.74) is -0.316.